The first-order chi connectivity index (χ1) is 9.35. The maximum absolute atomic E-state index is 5.76. The Labute approximate surface area is 120 Å². The molecule has 2 rings (SSSR count). The van der Waals surface area contributed by atoms with Crippen molar-refractivity contribution in [3.8, 4) is 11.5 Å². The Kier molecular flexibility index (Phi) is 4.23. The van der Waals surface area contributed by atoms with Crippen LogP contribution >= 0.6 is 0 Å². The molecule has 20 heavy (non-hydrogen) atoms. The van der Waals surface area contributed by atoms with Gasteiger partial charge in [-0.2, -0.15) is 0 Å². The second-order valence-corrected chi connectivity index (χ2v) is 6.25. The number of rotatable bonds is 4. The van der Waals surface area contributed by atoms with Gasteiger partial charge in [0.25, 0.3) is 0 Å². The zero-order valence-electron chi connectivity index (χ0n) is 12.9. The third kappa shape index (κ3) is 3.90. The summed E-state index contributed by atoms with van der Waals surface area (Å²) in [5.74, 6) is 1.29. The minimum absolute atomic E-state index is 0.107. The molecule has 1 N–H and O–H groups in total. The van der Waals surface area contributed by atoms with Crippen LogP contribution in [-0.4, -0.2) is 22.3 Å². The van der Waals surface area contributed by atoms with Crippen molar-refractivity contribution in [2.75, 3.05) is 6.54 Å². The van der Waals surface area contributed by atoms with Gasteiger partial charge in [0.15, 0.2) is 0 Å². The zero-order chi connectivity index (χ0) is 14.8. The van der Waals surface area contributed by atoms with Crippen LogP contribution in [0.15, 0.2) is 22.6 Å². The molecule has 1 aromatic carbocycles. The smallest absolute Gasteiger partial charge is 0.248 e. The Morgan fingerprint density at radius 2 is 1.90 bits per heavy atom. The highest BCUT2D eigenvalue weighted by molar-refractivity contribution is 5.59. The zero-order valence-corrected chi connectivity index (χ0v) is 12.9. The van der Waals surface area contributed by atoms with Crippen molar-refractivity contribution in [3.05, 3.63) is 35.2 Å². The first kappa shape index (κ1) is 14.7. The second kappa shape index (κ2) is 5.75. The Bertz CT molecular complexity index is 582. The molecule has 0 bridgehead atoms. The molecule has 2 aromatic rings. The molecule has 1 aromatic heterocycles. The molecule has 0 spiro atoms. The maximum atomic E-state index is 5.76. The quantitative estimate of drug-likeness (QED) is 0.928. The van der Waals surface area contributed by atoms with Gasteiger partial charge in [0.1, 0.15) is 0 Å². The van der Waals surface area contributed by atoms with Crippen LogP contribution in [0, 0.1) is 13.8 Å². The largest absolute Gasteiger partial charge is 0.421 e. The third-order valence-electron chi connectivity index (χ3n) is 3.08. The summed E-state index contributed by atoms with van der Waals surface area (Å²) in [6.07, 6.45) is 0.745. The molecule has 0 aliphatic rings. The van der Waals surface area contributed by atoms with E-state index in [9.17, 15) is 0 Å². The van der Waals surface area contributed by atoms with E-state index in [1.54, 1.807) is 0 Å². The van der Waals surface area contributed by atoms with Gasteiger partial charge < -0.3 is 9.73 Å². The summed E-state index contributed by atoms with van der Waals surface area (Å²) >= 11 is 0. The lowest BCUT2D eigenvalue weighted by Crippen LogP contribution is -2.37. The first-order valence-electron chi connectivity index (χ1n) is 7.00. The number of hydrogen-bond acceptors (Lipinski definition) is 4. The standard InChI is InChI=1S/C16H23N3O/c1-11-6-7-12(2)13(10-11)15-19-18-14(20-15)8-9-17-16(3,4)5/h6-7,10,17H,8-9H2,1-5H3. The van der Waals surface area contributed by atoms with E-state index in [-0.39, 0.29) is 5.54 Å². The minimum Gasteiger partial charge on any atom is -0.421 e. The van der Waals surface area contributed by atoms with Gasteiger partial charge >= 0.3 is 0 Å². The monoisotopic (exact) mass is 273 g/mol. The average Bonchev–Trinajstić information content (AvgIpc) is 2.79. The van der Waals surface area contributed by atoms with Gasteiger partial charge in [0.2, 0.25) is 11.8 Å². The summed E-state index contributed by atoms with van der Waals surface area (Å²) < 4.78 is 5.76. The van der Waals surface area contributed by atoms with Crippen molar-refractivity contribution in [1.82, 2.24) is 15.5 Å². The first-order valence-corrected chi connectivity index (χ1v) is 7.00. The predicted octanol–water partition coefficient (Wildman–Crippen LogP) is 3.28. The molecule has 0 fully saturated rings. The van der Waals surface area contributed by atoms with Gasteiger partial charge in [0.05, 0.1) is 0 Å². The van der Waals surface area contributed by atoms with E-state index in [1.807, 2.05) is 0 Å². The Balaban J connectivity index is 2.07. The number of nitrogens with zero attached hydrogens (tertiary/aromatic N) is 2. The minimum atomic E-state index is 0.107. The highest BCUT2D eigenvalue weighted by Crippen LogP contribution is 2.23. The summed E-state index contributed by atoms with van der Waals surface area (Å²) in [5.41, 5.74) is 3.47. The average molecular weight is 273 g/mol. The Morgan fingerprint density at radius 1 is 1.15 bits per heavy atom. The lowest BCUT2D eigenvalue weighted by molar-refractivity contribution is 0.412. The molecule has 0 radical (unpaired) electrons. The maximum Gasteiger partial charge on any atom is 0.248 e. The fourth-order valence-electron chi connectivity index (χ4n) is 1.97. The van der Waals surface area contributed by atoms with Crippen LogP contribution in [0.5, 0.6) is 0 Å². The molecule has 0 saturated heterocycles. The van der Waals surface area contributed by atoms with Crippen LogP contribution < -0.4 is 5.32 Å². The van der Waals surface area contributed by atoms with E-state index >= 15 is 0 Å². The summed E-state index contributed by atoms with van der Waals surface area (Å²) in [7, 11) is 0. The molecule has 0 unspecified atom stereocenters. The molecule has 0 atom stereocenters. The van der Waals surface area contributed by atoms with E-state index < -0.39 is 0 Å². The lowest BCUT2D eigenvalue weighted by atomic mass is 10.1. The molecule has 4 nitrogen and oxygen atoms in total. The Hall–Kier alpha value is -1.68. The number of benzene rings is 1. The molecule has 0 amide bonds. The summed E-state index contributed by atoms with van der Waals surface area (Å²) in [6, 6.07) is 6.25. The number of aryl methyl sites for hydroxylation is 2. The topological polar surface area (TPSA) is 51.0 Å². The highest BCUT2D eigenvalue weighted by atomic mass is 16.4. The molecule has 0 saturated carbocycles. The van der Waals surface area contributed by atoms with E-state index in [2.05, 4.69) is 68.3 Å². The van der Waals surface area contributed by atoms with E-state index in [0.29, 0.717) is 11.8 Å². The van der Waals surface area contributed by atoms with Crippen LogP contribution in [0.2, 0.25) is 0 Å². The number of aromatic nitrogens is 2. The summed E-state index contributed by atoms with van der Waals surface area (Å²) in [4.78, 5) is 0. The molecule has 0 aliphatic heterocycles. The summed E-state index contributed by atoms with van der Waals surface area (Å²) in [5, 5.41) is 11.7. The number of hydrogen-bond donors (Lipinski definition) is 1. The third-order valence-corrected chi connectivity index (χ3v) is 3.08. The van der Waals surface area contributed by atoms with Gasteiger partial charge in [-0.25, -0.2) is 0 Å². The van der Waals surface area contributed by atoms with Crippen molar-refractivity contribution in [3.63, 3.8) is 0 Å². The van der Waals surface area contributed by atoms with Gasteiger partial charge in [-0.05, 0) is 46.2 Å². The van der Waals surface area contributed by atoms with Crippen molar-refractivity contribution in [1.29, 1.82) is 0 Å². The van der Waals surface area contributed by atoms with E-state index in [4.69, 9.17) is 4.42 Å². The summed E-state index contributed by atoms with van der Waals surface area (Å²) in [6.45, 7) is 11.4. The normalized spacial score (nSPS) is 11.8. The van der Waals surface area contributed by atoms with Crippen molar-refractivity contribution in [2.24, 2.45) is 0 Å². The second-order valence-electron chi connectivity index (χ2n) is 6.25. The van der Waals surface area contributed by atoms with Crippen molar-refractivity contribution < 1.29 is 4.42 Å². The SMILES string of the molecule is Cc1ccc(C)c(-c2nnc(CCNC(C)(C)C)o2)c1. The fraction of sp³-hybridized carbons (Fsp3) is 0.500. The number of nitrogens with one attached hydrogen (secondary N) is 1. The molecule has 1 heterocycles. The van der Waals surface area contributed by atoms with E-state index in [0.717, 1.165) is 24.1 Å². The van der Waals surface area contributed by atoms with Crippen LogP contribution in [0.3, 0.4) is 0 Å². The van der Waals surface area contributed by atoms with Crippen LogP contribution in [0.1, 0.15) is 37.8 Å². The van der Waals surface area contributed by atoms with Gasteiger partial charge in [-0.1, -0.05) is 17.7 Å². The van der Waals surface area contributed by atoms with E-state index in [1.165, 1.54) is 5.56 Å². The van der Waals surface area contributed by atoms with Crippen LogP contribution in [-0.2, 0) is 6.42 Å². The molecule has 108 valence electrons. The van der Waals surface area contributed by atoms with Gasteiger partial charge in [-0.15, -0.1) is 10.2 Å². The van der Waals surface area contributed by atoms with Crippen molar-refractivity contribution in [2.45, 2.75) is 46.6 Å². The molecular formula is C16H23N3O. The fourth-order valence-corrected chi connectivity index (χ4v) is 1.97. The molecular weight excluding hydrogens is 250 g/mol. The van der Waals surface area contributed by atoms with Crippen LogP contribution in [0.25, 0.3) is 11.5 Å². The highest BCUT2D eigenvalue weighted by Gasteiger charge is 2.12. The van der Waals surface area contributed by atoms with Gasteiger partial charge in [0, 0.05) is 24.1 Å². The lowest BCUT2D eigenvalue weighted by Gasteiger charge is -2.19. The molecule has 0 aliphatic carbocycles. The Morgan fingerprint density at radius 3 is 2.60 bits per heavy atom. The molecule has 4 heteroatoms. The predicted molar refractivity (Wildman–Crippen MR) is 80.7 cm³/mol. The van der Waals surface area contributed by atoms with Crippen molar-refractivity contribution >= 4 is 0 Å². The van der Waals surface area contributed by atoms with Gasteiger partial charge in [-0.3, -0.25) is 0 Å². The van der Waals surface area contributed by atoms with Crippen LogP contribution in [0.4, 0.5) is 0 Å².